The molecule has 3 rings (SSSR count). The fourth-order valence-corrected chi connectivity index (χ4v) is 3.99. The summed E-state index contributed by atoms with van der Waals surface area (Å²) in [4.78, 5) is 4.95. The van der Waals surface area contributed by atoms with Crippen LogP contribution in [-0.2, 0) is 6.54 Å². The van der Waals surface area contributed by atoms with Crippen molar-refractivity contribution < 1.29 is 9.50 Å². The van der Waals surface area contributed by atoms with Crippen LogP contribution in [-0.4, -0.2) is 53.2 Å². The third-order valence-corrected chi connectivity index (χ3v) is 5.27. The summed E-state index contributed by atoms with van der Waals surface area (Å²) < 4.78 is 13.9. The molecule has 2 fully saturated rings. The van der Waals surface area contributed by atoms with Gasteiger partial charge in [0.05, 0.1) is 0 Å². The van der Waals surface area contributed by atoms with Crippen LogP contribution >= 0.6 is 0 Å². The minimum Gasteiger partial charge on any atom is -0.396 e. The Balaban J connectivity index is 1.65. The second kappa shape index (κ2) is 7.53. The normalized spacial score (nSPS) is 24.9. The van der Waals surface area contributed by atoms with Crippen molar-refractivity contribution in [1.29, 1.82) is 0 Å². The van der Waals surface area contributed by atoms with E-state index in [-0.39, 0.29) is 12.4 Å². The van der Waals surface area contributed by atoms with Crippen molar-refractivity contribution in [1.82, 2.24) is 9.80 Å². The molecule has 1 N–H and O–H groups in total. The summed E-state index contributed by atoms with van der Waals surface area (Å²) in [6.45, 7) is 3.91. The Kier molecular flexibility index (Phi) is 5.45. The standard InChI is InChI=1S/C18H27FN2O/c19-18-8-4-1-5-15(18)13-20-10-11-21(14-17(20)9-12-22)16-6-2-3-7-16/h1,4-5,8,16-17,22H,2-3,6-7,9-14H2/t17-/m0/s1. The number of halogens is 1. The molecule has 1 saturated carbocycles. The van der Waals surface area contributed by atoms with Gasteiger partial charge in [-0.15, -0.1) is 0 Å². The van der Waals surface area contributed by atoms with Gasteiger partial charge in [-0.2, -0.15) is 0 Å². The molecule has 1 aliphatic heterocycles. The van der Waals surface area contributed by atoms with E-state index in [4.69, 9.17) is 0 Å². The van der Waals surface area contributed by atoms with Gasteiger partial charge >= 0.3 is 0 Å². The Hall–Kier alpha value is -0.970. The van der Waals surface area contributed by atoms with E-state index in [2.05, 4.69) is 9.80 Å². The van der Waals surface area contributed by atoms with Crippen molar-refractivity contribution in [2.75, 3.05) is 26.2 Å². The summed E-state index contributed by atoms with van der Waals surface area (Å²) in [5.41, 5.74) is 0.764. The topological polar surface area (TPSA) is 26.7 Å². The van der Waals surface area contributed by atoms with Gasteiger partial charge in [0.2, 0.25) is 0 Å². The Bertz CT molecular complexity index is 476. The molecule has 0 aromatic heterocycles. The lowest BCUT2D eigenvalue weighted by Crippen LogP contribution is -2.55. The molecule has 0 spiro atoms. The summed E-state index contributed by atoms with van der Waals surface area (Å²) in [7, 11) is 0. The molecule has 1 aliphatic carbocycles. The van der Waals surface area contributed by atoms with Crippen molar-refractivity contribution in [3.8, 4) is 0 Å². The minimum absolute atomic E-state index is 0.122. The molecule has 1 aromatic carbocycles. The average molecular weight is 306 g/mol. The predicted molar refractivity (Wildman–Crippen MR) is 86.1 cm³/mol. The van der Waals surface area contributed by atoms with E-state index in [1.807, 2.05) is 12.1 Å². The minimum atomic E-state index is -0.122. The number of hydrogen-bond acceptors (Lipinski definition) is 3. The van der Waals surface area contributed by atoms with Gasteiger partial charge in [-0.25, -0.2) is 4.39 Å². The molecule has 0 amide bonds. The summed E-state index contributed by atoms with van der Waals surface area (Å²) >= 11 is 0. The first-order chi connectivity index (χ1) is 10.8. The molecule has 4 heteroatoms. The highest BCUT2D eigenvalue weighted by Gasteiger charge is 2.31. The van der Waals surface area contributed by atoms with E-state index in [1.54, 1.807) is 6.07 Å². The third kappa shape index (κ3) is 3.67. The van der Waals surface area contributed by atoms with Gasteiger partial charge in [0.15, 0.2) is 0 Å². The zero-order valence-electron chi connectivity index (χ0n) is 13.3. The van der Waals surface area contributed by atoms with E-state index in [1.165, 1.54) is 31.7 Å². The smallest absolute Gasteiger partial charge is 0.127 e. The first-order valence-corrected chi connectivity index (χ1v) is 8.60. The number of hydrogen-bond donors (Lipinski definition) is 1. The zero-order chi connectivity index (χ0) is 15.4. The zero-order valence-corrected chi connectivity index (χ0v) is 13.3. The molecule has 1 aromatic rings. The second-order valence-electron chi connectivity index (χ2n) is 6.66. The molecule has 1 saturated heterocycles. The van der Waals surface area contributed by atoms with E-state index < -0.39 is 0 Å². The van der Waals surface area contributed by atoms with Crippen LogP contribution in [0.3, 0.4) is 0 Å². The molecule has 1 heterocycles. The maximum absolute atomic E-state index is 13.9. The first kappa shape index (κ1) is 15.9. The molecule has 0 radical (unpaired) electrons. The van der Waals surface area contributed by atoms with E-state index in [0.717, 1.165) is 37.7 Å². The van der Waals surface area contributed by atoms with Crippen LogP contribution in [0.25, 0.3) is 0 Å². The van der Waals surface area contributed by atoms with Crippen molar-refractivity contribution >= 4 is 0 Å². The first-order valence-electron chi connectivity index (χ1n) is 8.60. The van der Waals surface area contributed by atoms with Crippen molar-refractivity contribution in [3.63, 3.8) is 0 Å². The van der Waals surface area contributed by atoms with Crippen LogP contribution < -0.4 is 0 Å². The molecule has 0 bridgehead atoms. The highest BCUT2D eigenvalue weighted by molar-refractivity contribution is 5.17. The van der Waals surface area contributed by atoms with Crippen LogP contribution in [0.2, 0.25) is 0 Å². The lowest BCUT2D eigenvalue weighted by atomic mass is 10.0. The Labute approximate surface area is 132 Å². The second-order valence-corrected chi connectivity index (χ2v) is 6.66. The van der Waals surface area contributed by atoms with Crippen LogP contribution in [0, 0.1) is 5.82 Å². The molecular weight excluding hydrogens is 279 g/mol. The maximum Gasteiger partial charge on any atom is 0.127 e. The van der Waals surface area contributed by atoms with Gasteiger partial charge in [-0.05, 0) is 25.3 Å². The Morgan fingerprint density at radius 3 is 2.64 bits per heavy atom. The molecule has 122 valence electrons. The monoisotopic (exact) mass is 306 g/mol. The summed E-state index contributed by atoms with van der Waals surface area (Å²) in [5, 5.41) is 9.39. The maximum atomic E-state index is 13.9. The summed E-state index contributed by atoms with van der Waals surface area (Å²) in [6, 6.07) is 8.10. The van der Waals surface area contributed by atoms with E-state index in [9.17, 15) is 9.50 Å². The molecular formula is C18H27FN2O. The lowest BCUT2D eigenvalue weighted by molar-refractivity contribution is 0.0321. The van der Waals surface area contributed by atoms with Crippen LogP contribution in [0.15, 0.2) is 24.3 Å². The average Bonchev–Trinajstić information content (AvgIpc) is 3.06. The van der Waals surface area contributed by atoms with Crippen molar-refractivity contribution in [2.24, 2.45) is 0 Å². The van der Waals surface area contributed by atoms with Gasteiger partial charge in [0.1, 0.15) is 5.82 Å². The summed E-state index contributed by atoms with van der Waals surface area (Å²) in [6.07, 6.45) is 6.12. The van der Waals surface area contributed by atoms with Gasteiger partial charge in [0.25, 0.3) is 0 Å². The number of nitrogens with zero attached hydrogens (tertiary/aromatic N) is 2. The van der Waals surface area contributed by atoms with E-state index in [0.29, 0.717) is 12.6 Å². The van der Waals surface area contributed by atoms with Crippen LogP contribution in [0.1, 0.15) is 37.7 Å². The highest BCUT2D eigenvalue weighted by atomic mass is 19.1. The summed E-state index contributed by atoms with van der Waals surface area (Å²) in [5.74, 6) is -0.122. The highest BCUT2D eigenvalue weighted by Crippen LogP contribution is 2.27. The van der Waals surface area contributed by atoms with Crippen molar-refractivity contribution in [3.05, 3.63) is 35.6 Å². The van der Waals surface area contributed by atoms with Gasteiger partial charge in [-0.3, -0.25) is 9.80 Å². The molecule has 3 nitrogen and oxygen atoms in total. The van der Waals surface area contributed by atoms with Crippen LogP contribution in [0.4, 0.5) is 4.39 Å². The largest absolute Gasteiger partial charge is 0.396 e. The lowest BCUT2D eigenvalue weighted by Gasteiger charge is -2.44. The number of benzene rings is 1. The fraction of sp³-hybridized carbons (Fsp3) is 0.667. The number of rotatable bonds is 5. The predicted octanol–water partition coefficient (Wildman–Crippen LogP) is 2.64. The van der Waals surface area contributed by atoms with Crippen LogP contribution in [0.5, 0.6) is 0 Å². The fourth-order valence-electron chi connectivity index (χ4n) is 3.99. The number of piperazine rings is 1. The van der Waals surface area contributed by atoms with Crippen molar-refractivity contribution in [2.45, 2.75) is 50.7 Å². The third-order valence-electron chi connectivity index (χ3n) is 5.27. The molecule has 2 aliphatic rings. The SMILES string of the molecule is OCC[C@H]1CN(C2CCCC2)CCN1Cc1ccccc1F. The molecule has 1 atom stereocenters. The molecule has 22 heavy (non-hydrogen) atoms. The van der Waals surface area contributed by atoms with Gasteiger partial charge in [-0.1, -0.05) is 31.0 Å². The quantitative estimate of drug-likeness (QED) is 0.906. The Morgan fingerprint density at radius 1 is 1.14 bits per heavy atom. The van der Waals surface area contributed by atoms with Gasteiger partial charge < -0.3 is 5.11 Å². The Morgan fingerprint density at radius 2 is 1.91 bits per heavy atom. The molecule has 0 unspecified atom stereocenters. The van der Waals surface area contributed by atoms with Gasteiger partial charge in [0, 0.05) is 50.4 Å². The van der Waals surface area contributed by atoms with E-state index >= 15 is 0 Å². The number of aliphatic hydroxyl groups excluding tert-OH is 1. The number of aliphatic hydroxyl groups is 1.